The van der Waals surface area contributed by atoms with Gasteiger partial charge in [-0.3, -0.25) is 4.55 Å². The Kier molecular flexibility index (Phi) is 6.91. The van der Waals surface area contributed by atoms with Crippen LogP contribution in [0, 0.1) is 6.92 Å². The summed E-state index contributed by atoms with van der Waals surface area (Å²) in [4.78, 5) is -0.0666. The monoisotopic (exact) mass is 372 g/mol. The van der Waals surface area contributed by atoms with Crippen LogP contribution >= 0.6 is 0 Å². The maximum atomic E-state index is 10.5. The summed E-state index contributed by atoms with van der Waals surface area (Å²) in [6.45, 7) is 1.87. The number of hydrogen-bond donors (Lipinski definition) is 2. The van der Waals surface area contributed by atoms with Crippen molar-refractivity contribution in [3.05, 3.63) is 90.0 Å². The first kappa shape index (κ1) is 19.7. The molecule has 0 amide bonds. The molecule has 0 radical (unpaired) electrons. The number of aliphatic hydroxyl groups is 1. The molecule has 26 heavy (non-hydrogen) atoms. The first-order valence-electron chi connectivity index (χ1n) is 7.85. The van der Waals surface area contributed by atoms with E-state index in [4.69, 9.17) is 14.4 Å². The van der Waals surface area contributed by atoms with Crippen LogP contribution in [0.3, 0.4) is 0 Å². The summed E-state index contributed by atoms with van der Waals surface area (Å²) in [7, 11) is -4.02. The minimum Gasteiger partial charge on any atom is -0.457 e. The van der Waals surface area contributed by atoms with Gasteiger partial charge in [-0.05, 0) is 48.9 Å². The summed E-state index contributed by atoms with van der Waals surface area (Å²) in [5.74, 6) is 1.54. The minimum absolute atomic E-state index is 0.0337. The van der Waals surface area contributed by atoms with Gasteiger partial charge in [0.1, 0.15) is 11.5 Å². The van der Waals surface area contributed by atoms with Crippen LogP contribution in [0.1, 0.15) is 11.1 Å². The van der Waals surface area contributed by atoms with E-state index in [2.05, 4.69) is 0 Å². The van der Waals surface area contributed by atoms with E-state index in [9.17, 15) is 8.42 Å². The predicted molar refractivity (Wildman–Crippen MR) is 99.9 cm³/mol. The molecule has 3 aromatic rings. The Morgan fingerprint density at radius 3 is 2.04 bits per heavy atom. The zero-order valence-electron chi connectivity index (χ0n) is 14.2. The second-order valence-corrected chi connectivity index (χ2v) is 6.93. The van der Waals surface area contributed by atoms with Gasteiger partial charge in [-0.25, -0.2) is 0 Å². The average Bonchev–Trinajstić information content (AvgIpc) is 2.63. The van der Waals surface area contributed by atoms with Gasteiger partial charge >= 0.3 is 0 Å². The highest BCUT2D eigenvalue weighted by Gasteiger charge is 2.06. The Hall–Kier alpha value is -2.67. The largest absolute Gasteiger partial charge is 0.457 e. The molecule has 0 unspecified atom stereocenters. The van der Waals surface area contributed by atoms with E-state index < -0.39 is 10.1 Å². The van der Waals surface area contributed by atoms with Gasteiger partial charge < -0.3 is 9.84 Å². The first-order valence-corrected chi connectivity index (χ1v) is 9.29. The number of benzene rings is 3. The third-order valence-corrected chi connectivity index (χ3v) is 4.25. The highest BCUT2D eigenvalue weighted by atomic mass is 32.2. The van der Waals surface area contributed by atoms with E-state index >= 15 is 0 Å². The van der Waals surface area contributed by atoms with E-state index in [0.29, 0.717) is 0 Å². The van der Waals surface area contributed by atoms with Crippen LogP contribution in [0.2, 0.25) is 0 Å². The Labute approximate surface area is 153 Å². The molecule has 0 aliphatic carbocycles. The Morgan fingerprint density at radius 2 is 1.46 bits per heavy atom. The standard InChI is InChI=1S/C13H12O2.C7H8O3S/c14-10-11-5-4-8-13(9-11)15-12-6-2-1-3-7-12;1-6-2-4-7(5-3-6)11(8,9)10/h1-9,14H,10H2;2-5H,1H3,(H,8,9,10). The van der Waals surface area contributed by atoms with Crippen molar-refractivity contribution in [2.45, 2.75) is 18.4 Å². The molecule has 0 aliphatic heterocycles. The SMILES string of the molecule is Cc1ccc(S(=O)(=O)O)cc1.OCc1cccc(Oc2ccccc2)c1. The van der Waals surface area contributed by atoms with Gasteiger partial charge in [0.2, 0.25) is 0 Å². The lowest BCUT2D eigenvalue weighted by Gasteiger charge is -2.06. The summed E-state index contributed by atoms with van der Waals surface area (Å²) in [6, 6.07) is 23.0. The fourth-order valence-corrected chi connectivity index (χ4v) is 2.52. The minimum atomic E-state index is -4.02. The molecule has 5 nitrogen and oxygen atoms in total. The molecular weight excluding hydrogens is 352 g/mol. The Morgan fingerprint density at radius 1 is 0.846 bits per heavy atom. The maximum Gasteiger partial charge on any atom is 0.294 e. The van der Waals surface area contributed by atoms with E-state index in [1.807, 2.05) is 61.5 Å². The summed E-state index contributed by atoms with van der Waals surface area (Å²) < 4.78 is 35.2. The summed E-state index contributed by atoms with van der Waals surface area (Å²) >= 11 is 0. The number of aryl methyl sites for hydroxylation is 1. The normalized spacial score (nSPS) is 10.6. The summed E-state index contributed by atoms with van der Waals surface area (Å²) in [5.41, 5.74) is 1.81. The van der Waals surface area contributed by atoms with Crippen molar-refractivity contribution >= 4 is 10.1 Å². The van der Waals surface area contributed by atoms with Crippen LogP contribution in [0.4, 0.5) is 0 Å². The molecule has 136 valence electrons. The lowest BCUT2D eigenvalue weighted by Crippen LogP contribution is -1.96. The molecule has 0 aromatic heterocycles. The van der Waals surface area contributed by atoms with Gasteiger partial charge in [0.05, 0.1) is 11.5 Å². The van der Waals surface area contributed by atoms with Crippen LogP contribution in [0.25, 0.3) is 0 Å². The molecule has 3 rings (SSSR count). The Bertz CT molecular complexity index is 920. The molecular formula is C20H20O5S. The number of rotatable bonds is 4. The average molecular weight is 372 g/mol. The van der Waals surface area contributed by atoms with Gasteiger partial charge in [0.15, 0.2) is 0 Å². The lowest BCUT2D eigenvalue weighted by atomic mass is 10.2. The van der Waals surface area contributed by atoms with E-state index in [1.54, 1.807) is 12.1 Å². The van der Waals surface area contributed by atoms with Crippen molar-refractivity contribution in [3.8, 4) is 11.5 Å². The molecule has 2 N–H and O–H groups in total. The topological polar surface area (TPSA) is 83.8 Å². The van der Waals surface area contributed by atoms with Gasteiger partial charge in [0, 0.05) is 0 Å². The number of ether oxygens (including phenoxy) is 1. The molecule has 0 saturated heterocycles. The highest BCUT2D eigenvalue weighted by molar-refractivity contribution is 7.85. The molecule has 0 atom stereocenters. The molecule has 3 aromatic carbocycles. The predicted octanol–water partition coefficient (Wildman–Crippen LogP) is 4.21. The van der Waals surface area contributed by atoms with Crippen LogP contribution in [-0.4, -0.2) is 18.1 Å². The summed E-state index contributed by atoms with van der Waals surface area (Å²) in [6.07, 6.45) is 0. The molecule has 0 aliphatic rings. The van der Waals surface area contributed by atoms with Crippen LogP contribution in [0.5, 0.6) is 11.5 Å². The van der Waals surface area contributed by atoms with Crippen LogP contribution < -0.4 is 4.74 Å². The third kappa shape index (κ3) is 6.33. The van der Waals surface area contributed by atoms with Crippen molar-refractivity contribution in [3.63, 3.8) is 0 Å². The van der Waals surface area contributed by atoms with E-state index in [-0.39, 0.29) is 11.5 Å². The van der Waals surface area contributed by atoms with E-state index in [0.717, 1.165) is 22.6 Å². The van der Waals surface area contributed by atoms with Crippen LogP contribution in [-0.2, 0) is 16.7 Å². The smallest absolute Gasteiger partial charge is 0.294 e. The number of para-hydroxylation sites is 1. The van der Waals surface area contributed by atoms with Crippen molar-refractivity contribution in [2.75, 3.05) is 0 Å². The van der Waals surface area contributed by atoms with Gasteiger partial charge in [0.25, 0.3) is 10.1 Å². The first-order chi connectivity index (χ1) is 12.4. The second kappa shape index (κ2) is 9.15. The number of aliphatic hydroxyl groups excluding tert-OH is 1. The van der Waals surface area contributed by atoms with Crippen molar-refractivity contribution in [2.24, 2.45) is 0 Å². The molecule has 6 heteroatoms. The zero-order valence-corrected chi connectivity index (χ0v) is 15.1. The Balaban J connectivity index is 0.000000197. The molecule has 0 bridgehead atoms. The highest BCUT2D eigenvalue weighted by Crippen LogP contribution is 2.21. The fraction of sp³-hybridized carbons (Fsp3) is 0.100. The van der Waals surface area contributed by atoms with Crippen LogP contribution in [0.15, 0.2) is 83.8 Å². The third-order valence-electron chi connectivity index (χ3n) is 3.38. The molecule has 0 heterocycles. The van der Waals surface area contributed by atoms with Gasteiger partial charge in [-0.1, -0.05) is 48.0 Å². The van der Waals surface area contributed by atoms with Gasteiger partial charge in [-0.15, -0.1) is 0 Å². The second-order valence-electron chi connectivity index (χ2n) is 5.51. The number of hydrogen-bond acceptors (Lipinski definition) is 4. The molecule has 0 spiro atoms. The quantitative estimate of drug-likeness (QED) is 0.670. The summed E-state index contributed by atoms with van der Waals surface area (Å²) in [5, 5.41) is 8.97. The van der Waals surface area contributed by atoms with Crippen molar-refractivity contribution in [1.29, 1.82) is 0 Å². The molecule has 0 saturated carbocycles. The molecule has 0 fully saturated rings. The zero-order chi connectivity index (χ0) is 19.0. The lowest BCUT2D eigenvalue weighted by molar-refractivity contribution is 0.281. The van der Waals surface area contributed by atoms with Crippen molar-refractivity contribution in [1.82, 2.24) is 0 Å². The maximum absolute atomic E-state index is 10.5. The van der Waals surface area contributed by atoms with Gasteiger partial charge in [-0.2, -0.15) is 8.42 Å². The van der Waals surface area contributed by atoms with E-state index in [1.165, 1.54) is 12.1 Å². The van der Waals surface area contributed by atoms with Crippen molar-refractivity contribution < 1.29 is 22.8 Å². The fourth-order valence-electron chi connectivity index (χ4n) is 2.04.